The second-order valence-corrected chi connectivity index (χ2v) is 5.26. The van der Waals surface area contributed by atoms with E-state index in [-0.39, 0.29) is 5.60 Å². The van der Waals surface area contributed by atoms with Crippen LogP contribution in [-0.4, -0.2) is 28.1 Å². The van der Waals surface area contributed by atoms with Crippen molar-refractivity contribution in [2.24, 2.45) is 5.73 Å². The van der Waals surface area contributed by atoms with E-state index in [1.165, 1.54) is 0 Å². The van der Waals surface area contributed by atoms with E-state index >= 15 is 0 Å². The fourth-order valence-electron chi connectivity index (χ4n) is 2.75. The van der Waals surface area contributed by atoms with Crippen LogP contribution in [0.1, 0.15) is 23.2 Å². The summed E-state index contributed by atoms with van der Waals surface area (Å²) >= 11 is 0. The van der Waals surface area contributed by atoms with Gasteiger partial charge in [0, 0.05) is 12.6 Å². The zero-order valence-electron chi connectivity index (χ0n) is 10.6. The first kappa shape index (κ1) is 10.7. The fourth-order valence-corrected chi connectivity index (χ4v) is 2.75. The van der Waals surface area contributed by atoms with Crippen molar-refractivity contribution in [3.8, 4) is 5.75 Å². The Hall–Kier alpha value is -2.24. The highest BCUT2D eigenvalue weighted by atomic mass is 16.5. The number of nitrogens with zero attached hydrogens (tertiary/aromatic N) is 2. The van der Waals surface area contributed by atoms with Crippen molar-refractivity contribution in [2.75, 3.05) is 12.4 Å². The molecule has 2 aromatic rings. The van der Waals surface area contributed by atoms with Crippen molar-refractivity contribution in [3.05, 3.63) is 17.7 Å². The van der Waals surface area contributed by atoms with Crippen molar-refractivity contribution in [2.45, 2.75) is 25.0 Å². The van der Waals surface area contributed by atoms with Crippen molar-refractivity contribution in [3.63, 3.8) is 0 Å². The molecule has 0 saturated heterocycles. The van der Waals surface area contributed by atoms with Gasteiger partial charge in [0.2, 0.25) is 11.9 Å². The smallest absolute Gasteiger partial charge is 0.248 e. The Bertz CT molecular complexity index is 715. The lowest BCUT2D eigenvalue weighted by atomic mass is 10.1. The molecule has 0 radical (unpaired) electrons. The van der Waals surface area contributed by atoms with Gasteiger partial charge in [0.1, 0.15) is 16.9 Å². The summed E-state index contributed by atoms with van der Waals surface area (Å²) in [6.07, 6.45) is 2.08. The molecule has 4 rings (SSSR count). The van der Waals surface area contributed by atoms with Gasteiger partial charge in [0.05, 0.1) is 12.1 Å². The number of benzene rings is 1. The Morgan fingerprint density at radius 1 is 1.53 bits per heavy atom. The molecule has 1 saturated carbocycles. The van der Waals surface area contributed by atoms with Gasteiger partial charge in [-0.1, -0.05) is 0 Å². The van der Waals surface area contributed by atoms with Gasteiger partial charge in [-0.3, -0.25) is 4.79 Å². The molecule has 1 spiro atoms. The van der Waals surface area contributed by atoms with E-state index in [0.717, 1.165) is 36.4 Å². The number of nitrogens with one attached hydrogen (secondary N) is 1. The molecule has 1 aromatic heterocycles. The third-order valence-corrected chi connectivity index (χ3v) is 3.90. The maximum atomic E-state index is 11.4. The predicted molar refractivity (Wildman–Crippen MR) is 70.4 cm³/mol. The quantitative estimate of drug-likeness (QED) is 0.845. The summed E-state index contributed by atoms with van der Waals surface area (Å²) in [5.41, 5.74) is 7.37. The molecule has 1 amide bonds. The third kappa shape index (κ3) is 1.36. The van der Waals surface area contributed by atoms with Crippen molar-refractivity contribution in [1.82, 2.24) is 9.55 Å². The number of hydrogen-bond donors (Lipinski definition) is 2. The molecular weight excluding hydrogens is 244 g/mol. The highest BCUT2D eigenvalue weighted by Crippen LogP contribution is 2.48. The van der Waals surface area contributed by atoms with Gasteiger partial charge in [-0.15, -0.1) is 0 Å². The molecule has 0 atom stereocenters. The van der Waals surface area contributed by atoms with Gasteiger partial charge in [0.25, 0.3) is 0 Å². The Labute approximate surface area is 109 Å². The maximum Gasteiger partial charge on any atom is 0.248 e. The van der Waals surface area contributed by atoms with Crippen LogP contribution in [0.2, 0.25) is 0 Å². The van der Waals surface area contributed by atoms with Crippen molar-refractivity contribution >= 4 is 22.9 Å². The van der Waals surface area contributed by atoms with Crippen LogP contribution >= 0.6 is 0 Å². The number of ether oxygens (including phenoxy) is 1. The first-order valence-corrected chi connectivity index (χ1v) is 6.33. The number of rotatable bonds is 2. The number of hydrogen-bond acceptors (Lipinski definition) is 4. The molecule has 0 unspecified atom stereocenters. The number of anilines is 1. The lowest BCUT2D eigenvalue weighted by Crippen LogP contribution is -2.29. The molecule has 1 aliphatic carbocycles. The minimum absolute atomic E-state index is 0.109. The lowest BCUT2D eigenvalue weighted by molar-refractivity contribution is 0.0998. The number of carbonyl (C=O) groups excluding carboxylic acids is 1. The van der Waals surface area contributed by atoms with Crippen LogP contribution in [0.3, 0.4) is 0 Å². The molecule has 2 aliphatic rings. The van der Waals surface area contributed by atoms with Gasteiger partial charge >= 0.3 is 0 Å². The number of nitrogens with two attached hydrogens (primary N) is 1. The summed E-state index contributed by atoms with van der Waals surface area (Å²) in [6, 6.07) is 3.44. The van der Waals surface area contributed by atoms with Crippen molar-refractivity contribution in [1.29, 1.82) is 0 Å². The Morgan fingerprint density at radius 2 is 2.32 bits per heavy atom. The van der Waals surface area contributed by atoms with E-state index < -0.39 is 5.91 Å². The zero-order valence-corrected chi connectivity index (χ0v) is 10.6. The molecule has 98 valence electrons. The normalized spacial score (nSPS) is 18.4. The molecule has 1 aromatic carbocycles. The van der Waals surface area contributed by atoms with Crippen LogP contribution in [0.4, 0.5) is 5.95 Å². The van der Waals surface area contributed by atoms with Crippen LogP contribution in [0.5, 0.6) is 5.75 Å². The summed E-state index contributed by atoms with van der Waals surface area (Å²) < 4.78 is 8.19. The highest BCUT2D eigenvalue weighted by molar-refractivity contribution is 5.99. The molecule has 1 aliphatic heterocycles. The minimum Gasteiger partial charge on any atom is -0.483 e. The largest absolute Gasteiger partial charge is 0.483 e. The molecule has 6 heteroatoms. The topological polar surface area (TPSA) is 82.2 Å². The van der Waals surface area contributed by atoms with Crippen molar-refractivity contribution < 1.29 is 9.53 Å². The number of imidazole rings is 1. The number of carbonyl (C=O) groups is 1. The van der Waals surface area contributed by atoms with Crippen LogP contribution < -0.4 is 15.8 Å². The van der Waals surface area contributed by atoms with Crippen LogP contribution in [0.15, 0.2) is 12.1 Å². The number of amides is 1. The van der Waals surface area contributed by atoms with Crippen LogP contribution in [0, 0.1) is 0 Å². The molecule has 1 fully saturated rings. The van der Waals surface area contributed by atoms with Gasteiger partial charge in [0.15, 0.2) is 0 Å². The molecule has 2 heterocycles. The predicted octanol–water partition coefficient (Wildman–Crippen LogP) is 1.10. The third-order valence-electron chi connectivity index (χ3n) is 3.90. The Morgan fingerprint density at radius 3 is 2.95 bits per heavy atom. The van der Waals surface area contributed by atoms with Gasteiger partial charge in [-0.25, -0.2) is 4.98 Å². The standard InChI is InChI=1S/C13H14N4O2/c1-15-12-16-8-4-7(11(14)18)5-9-10(8)17(12)6-13(19-9)2-3-13/h4-5H,2-3,6H2,1H3,(H2,14,18)(H,15,16). The molecule has 19 heavy (non-hydrogen) atoms. The first-order chi connectivity index (χ1) is 9.12. The minimum atomic E-state index is -0.460. The summed E-state index contributed by atoms with van der Waals surface area (Å²) in [7, 11) is 1.84. The fraction of sp³-hybridized carbons (Fsp3) is 0.385. The summed E-state index contributed by atoms with van der Waals surface area (Å²) in [4.78, 5) is 15.9. The lowest BCUT2D eigenvalue weighted by Gasteiger charge is -2.26. The van der Waals surface area contributed by atoms with Gasteiger partial charge < -0.3 is 20.4 Å². The summed E-state index contributed by atoms with van der Waals surface area (Å²) in [5, 5.41) is 3.09. The first-order valence-electron chi connectivity index (χ1n) is 6.33. The Balaban J connectivity index is 2.02. The van der Waals surface area contributed by atoms with Gasteiger partial charge in [-0.2, -0.15) is 0 Å². The van der Waals surface area contributed by atoms with E-state index in [4.69, 9.17) is 10.5 Å². The van der Waals surface area contributed by atoms with Gasteiger partial charge in [-0.05, 0) is 25.0 Å². The van der Waals surface area contributed by atoms with E-state index in [9.17, 15) is 4.79 Å². The Kier molecular flexibility index (Phi) is 1.80. The molecule has 0 bridgehead atoms. The van der Waals surface area contributed by atoms with E-state index in [1.807, 2.05) is 7.05 Å². The number of aromatic nitrogens is 2. The average molecular weight is 258 g/mol. The zero-order chi connectivity index (χ0) is 13.2. The van der Waals surface area contributed by atoms with E-state index in [0.29, 0.717) is 11.3 Å². The summed E-state index contributed by atoms with van der Waals surface area (Å²) in [6.45, 7) is 0.808. The number of primary amides is 1. The van der Waals surface area contributed by atoms with E-state index in [1.54, 1.807) is 12.1 Å². The second kappa shape index (κ2) is 3.20. The van der Waals surface area contributed by atoms with E-state index in [2.05, 4.69) is 14.9 Å². The highest BCUT2D eigenvalue weighted by Gasteiger charge is 2.49. The molecule has 6 nitrogen and oxygen atoms in total. The summed E-state index contributed by atoms with van der Waals surface area (Å²) in [5.74, 6) is 1.05. The van der Waals surface area contributed by atoms with Crippen LogP contribution in [-0.2, 0) is 6.54 Å². The monoisotopic (exact) mass is 258 g/mol. The molecule has 3 N–H and O–H groups in total. The maximum absolute atomic E-state index is 11.4. The molecular formula is C13H14N4O2. The second-order valence-electron chi connectivity index (χ2n) is 5.26. The van der Waals surface area contributed by atoms with Crippen LogP contribution in [0.25, 0.3) is 11.0 Å². The SMILES string of the molecule is CNc1nc2cc(C(N)=O)cc3c2n1CC1(CC1)O3. The average Bonchev–Trinajstić information content (AvgIpc) is 3.02.